The van der Waals surface area contributed by atoms with E-state index >= 15 is 0 Å². The van der Waals surface area contributed by atoms with Crippen LogP contribution in [0, 0.1) is 5.82 Å². The molecule has 0 aromatic heterocycles. The smallest absolute Gasteiger partial charge is 0.240 e. The summed E-state index contributed by atoms with van der Waals surface area (Å²) in [4.78, 5) is 2.27. The summed E-state index contributed by atoms with van der Waals surface area (Å²) in [6, 6.07) is 14.5. The topological polar surface area (TPSA) is 58.6 Å². The first-order chi connectivity index (χ1) is 12.1. The van der Waals surface area contributed by atoms with Crippen LogP contribution in [0.3, 0.4) is 0 Å². The van der Waals surface area contributed by atoms with Crippen molar-refractivity contribution >= 4 is 10.0 Å². The Hall–Kier alpha value is -1.80. The van der Waals surface area contributed by atoms with Crippen molar-refractivity contribution in [2.24, 2.45) is 0 Å². The number of ether oxygens (including phenoxy) is 1. The number of nitrogens with one attached hydrogen (secondary N) is 1. The van der Waals surface area contributed by atoms with Gasteiger partial charge in [-0.15, -0.1) is 0 Å². The van der Waals surface area contributed by atoms with Crippen molar-refractivity contribution in [2.45, 2.75) is 10.9 Å². The lowest BCUT2D eigenvalue weighted by Crippen LogP contribution is -2.43. The zero-order valence-electron chi connectivity index (χ0n) is 13.8. The summed E-state index contributed by atoms with van der Waals surface area (Å²) < 4.78 is 46.0. The van der Waals surface area contributed by atoms with Crippen LogP contribution in [-0.4, -0.2) is 46.2 Å². The number of nitrogens with zero attached hydrogens (tertiary/aromatic N) is 1. The average Bonchev–Trinajstić information content (AvgIpc) is 2.64. The van der Waals surface area contributed by atoms with E-state index in [1.165, 1.54) is 12.1 Å². The Bertz CT molecular complexity index is 776. The van der Waals surface area contributed by atoms with Gasteiger partial charge in [-0.3, -0.25) is 4.90 Å². The molecule has 0 bridgehead atoms. The maximum absolute atomic E-state index is 13.0. The largest absolute Gasteiger partial charge is 0.379 e. The minimum Gasteiger partial charge on any atom is -0.379 e. The van der Waals surface area contributed by atoms with Crippen molar-refractivity contribution in [3.8, 4) is 0 Å². The molecule has 0 amide bonds. The van der Waals surface area contributed by atoms with Crippen molar-refractivity contribution in [3.05, 3.63) is 66.0 Å². The highest BCUT2D eigenvalue weighted by Crippen LogP contribution is 2.22. The molecule has 0 radical (unpaired) electrons. The van der Waals surface area contributed by atoms with E-state index in [4.69, 9.17) is 4.74 Å². The number of benzene rings is 2. The molecule has 0 saturated carbocycles. The van der Waals surface area contributed by atoms with E-state index in [0.29, 0.717) is 13.2 Å². The Morgan fingerprint density at radius 3 is 2.32 bits per heavy atom. The second-order valence-corrected chi connectivity index (χ2v) is 7.65. The highest BCUT2D eigenvalue weighted by Gasteiger charge is 2.25. The molecule has 1 heterocycles. The summed E-state index contributed by atoms with van der Waals surface area (Å²) in [5.74, 6) is -0.463. The average molecular weight is 364 g/mol. The van der Waals surface area contributed by atoms with E-state index in [0.717, 1.165) is 30.8 Å². The predicted molar refractivity (Wildman–Crippen MR) is 93.2 cm³/mol. The van der Waals surface area contributed by atoms with Crippen molar-refractivity contribution in [1.82, 2.24) is 9.62 Å². The third-order valence-electron chi connectivity index (χ3n) is 4.26. The number of rotatable bonds is 6. The standard InChI is InChI=1S/C18H21FN2O3S/c19-16-6-8-17(9-7-16)25(22,23)20-14-18(15-4-2-1-3-5-15)21-10-12-24-13-11-21/h1-9,18,20H,10-14H2/t18-/m1/s1. The van der Waals surface area contributed by atoms with E-state index in [9.17, 15) is 12.8 Å². The fourth-order valence-corrected chi connectivity index (χ4v) is 3.95. The van der Waals surface area contributed by atoms with Crippen LogP contribution in [0.25, 0.3) is 0 Å². The Morgan fingerprint density at radius 1 is 1.04 bits per heavy atom. The van der Waals surface area contributed by atoms with E-state index in [1.54, 1.807) is 0 Å². The molecule has 1 aliphatic rings. The number of halogens is 1. The van der Waals surface area contributed by atoms with Crippen LogP contribution in [0.5, 0.6) is 0 Å². The van der Waals surface area contributed by atoms with Crippen LogP contribution in [0.4, 0.5) is 4.39 Å². The van der Waals surface area contributed by atoms with Gasteiger partial charge in [0.25, 0.3) is 0 Å². The highest BCUT2D eigenvalue weighted by atomic mass is 32.2. The lowest BCUT2D eigenvalue weighted by molar-refractivity contribution is 0.0172. The van der Waals surface area contributed by atoms with Crippen molar-refractivity contribution < 1.29 is 17.5 Å². The highest BCUT2D eigenvalue weighted by molar-refractivity contribution is 7.89. The van der Waals surface area contributed by atoms with Gasteiger partial charge in [0.05, 0.1) is 18.1 Å². The van der Waals surface area contributed by atoms with Crippen LogP contribution >= 0.6 is 0 Å². The molecule has 2 aromatic carbocycles. The zero-order valence-corrected chi connectivity index (χ0v) is 14.6. The summed E-state index contributed by atoms with van der Waals surface area (Å²) in [7, 11) is -3.69. The molecule has 134 valence electrons. The van der Waals surface area contributed by atoms with E-state index in [-0.39, 0.29) is 17.5 Å². The molecular weight excluding hydrogens is 343 g/mol. The summed E-state index contributed by atoms with van der Waals surface area (Å²) in [6.07, 6.45) is 0. The molecule has 25 heavy (non-hydrogen) atoms. The van der Waals surface area contributed by atoms with Gasteiger partial charge in [-0.25, -0.2) is 17.5 Å². The van der Waals surface area contributed by atoms with E-state index in [1.807, 2.05) is 30.3 Å². The number of sulfonamides is 1. The first kappa shape index (κ1) is 18.0. The zero-order chi connectivity index (χ0) is 17.7. The monoisotopic (exact) mass is 364 g/mol. The summed E-state index contributed by atoms with van der Waals surface area (Å²) >= 11 is 0. The van der Waals surface area contributed by atoms with Crippen LogP contribution in [0.15, 0.2) is 59.5 Å². The first-order valence-corrected chi connectivity index (χ1v) is 9.66. The molecule has 3 rings (SSSR count). The van der Waals surface area contributed by atoms with Crippen molar-refractivity contribution in [2.75, 3.05) is 32.8 Å². The van der Waals surface area contributed by atoms with Gasteiger partial charge in [-0.2, -0.15) is 0 Å². The SMILES string of the molecule is O=S(=O)(NC[C@H](c1ccccc1)N1CCOCC1)c1ccc(F)cc1. The van der Waals surface area contributed by atoms with Crippen LogP contribution in [0.1, 0.15) is 11.6 Å². The quantitative estimate of drug-likeness (QED) is 0.854. The normalized spacial score (nSPS) is 17.3. The molecule has 1 aliphatic heterocycles. The minimum atomic E-state index is -3.69. The maximum Gasteiger partial charge on any atom is 0.240 e. The van der Waals surface area contributed by atoms with Gasteiger partial charge in [0, 0.05) is 25.7 Å². The van der Waals surface area contributed by atoms with E-state index in [2.05, 4.69) is 9.62 Å². The number of morpholine rings is 1. The molecular formula is C18H21FN2O3S. The van der Waals surface area contributed by atoms with Crippen LogP contribution in [0.2, 0.25) is 0 Å². The van der Waals surface area contributed by atoms with Gasteiger partial charge in [0.1, 0.15) is 5.82 Å². The Morgan fingerprint density at radius 2 is 1.68 bits per heavy atom. The molecule has 1 saturated heterocycles. The van der Waals surface area contributed by atoms with Gasteiger partial charge in [0.15, 0.2) is 0 Å². The first-order valence-electron chi connectivity index (χ1n) is 8.18. The maximum atomic E-state index is 13.0. The van der Waals surface area contributed by atoms with Crippen molar-refractivity contribution in [3.63, 3.8) is 0 Å². The molecule has 0 aliphatic carbocycles. The molecule has 0 spiro atoms. The summed E-state index contributed by atoms with van der Waals surface area (Å²) in [5, 5.41) is 0. The third kappa shape index (κ3) is 4.64. The van der Waals surface area contributed by atoms with E-state index < -0.39 is 15.8 Å². The second-order valence-electron chi connectivity index (χ2n) is 5.88. The fourth-order valence-electron chi connectivity index (χ4n) is 2.91. The lowest BCUT2D eigenvalue weighted by atomic mass is 10.1. The molecule has 5 nitrogen and oxygen atoms in total. The molecule has 1 fully saturated rings. The second kappa shape index (κ2) is 8.05. The summed E-state index contributed by atoms with van der Waals surface area (Å²) in [5.41, 5.74) is 1.05. The Kier molecular flexibility index (Phi) is 5.80. The van der Waals surface area contributed by atoms with Gasteiger partial charge >= 0.3 is 0 Å². The molecule has 1 atom stereocenters. The molecule has 0 unspecified atom stereocenters. The third-order valence-corrected chi connectivity index (χ3v) is 5.70. The molecule has 1 N–H and O–H groups in total. The van der Waals surface area contributed by atoms with Gasteiger partial charge < -0.3 is 4.74 Å². The number of hydrogen-bond acceptors (Lipinski definition) is 4. The van der Waals surface area contributed by atoms with Gasteiger partial charge in [0.2, 0.25) is 10.0 Å². The molecule has 7 heteroatoms. The predicted octanol–water partition coefficient (Wildman–Crippen LogP) is 2.18. The van der Waals surface area contributed by atoms with Crippen LogP contribution in [-0.2, 0) is 14.8 Å². The van der Waals surface area contributed by atoms with Crippen molar-refractivity contribution in [1.29, 1.82) is 0 Å². The van der Waals surface area contributed by atoms with Gasteiger partial charge in [-0.05, 0) is 29.8 Å². The summed E-state index contributed by atoms with van der Waals surface area (Å²) in [6.45, 7) is 3.00. The molecule has 2 aromatic rings. The lowest BCUT2D eigenvalue weighted by Gasteiger charge is -2.34. The van der Waals surface area contributed by atoms with Crippen LogP contribution < -0.4 is 4.72 Å². The minimum absolute atomic E-state index is 0.0580. The fraction of sp³-hybridized carbons (Fsp3) is 0.333. The number of hydrogen-bond donors (Lipinski definition) is 1. The Labute approximate surface area is 147 Å². The Balaban J connectivity index is 1.77. The van der Waals surface area contributed by atoms with Gasteiger partial charge in [-0.1, -0.05) is 30.3 Å².